The van der Waals surface area contributed by atoms with Gasteiger partial charge in [0.1, 0.15) is 0 Å². The molecule has 1 aromatic carbocycles. The Balaban J connectivity index is 2.06. The van der Waals surface area contributed by atoms with E-state index >= 15 is 0 Å². The molecule has 0 aliphatic carbocycles. The van der Waals surface area contributed by atoms with Gasteiger partial charge >= 0.3 is 5.97 Å². The van der Waals surface area contributed by atoms with Crippen LogP contribution in [0.5, 0.6) is 0 Å². The van der Waals surface area contributed by atoms with Crippen LogP contribution in [-0.2, 0) is 20.5 Å². The zero-order valence-corrected chi connectivity index (χ0v) is 12.0. The van der Waals surface area contributed by atoms with Gasteiger partial charge in [0, 0.05) is 20.2 Å². The Hall–Kier alpha value is -1.44. The zero-order chi connectivity index (χ0) is 14.8. The van der Waals surface area contributed by atoms with E-state index in [1.54, 1.807) is 7.11 Å². The third-order valence-corrected chi connectivity index (χ3v) is 5.20. The van der Waals surface area contributed by atoms with Crippen molar-refractivity contribution in [1.29, 1.82) is 0 Å². The fraction of sp³-hybridized carbons (Fsp3) is 0.462. The molecule has 20 heavy (non-hydrogen) atoms. The molecule has 0 bridgehead atoms. The fourth-order valence-electron chi connectivity index (χ4n) is 2.19. The van der Waals surface area contributed by atoms with Crippen molar-refractivity contribution in [2.24, 2.45) is 0 Å². The number of nitrogens with zero attached hydrogens (tertiary/aromatic N) is 1. The Bertz CT molecular complexity index is 581. The van der Waals surface area contributed by atoms with E-state index in [2.05, 4.69) is 0 Å². The number of rotatable bonds is 5. The molecule has 110 valence electrons. The molecule has 0 aromatic heterocycles. The number of carboxylic acid groups (broad SMARTS) is 1. The minimum atomic E-state index is -3.38. The van der Waals surface area contributed by atoms with Gasteiger partial charge in [0.05, 0.1) is 17.4 Å². The molecule has 0 saturated carbocycles. The van der Waals surface area contributed by atoms with Crippen LogP contribution in [0.25, 0.3) is 0 Å². The summed E-state index contributed by atoms with van der Waals surface area (Å²) in [6.07, 6.45) is 0.660. The molecule has 1 unspecified atom stereocenters. The summed E-state index contributed by atoms with van der Waals surface area (Å²) in [5.41, 5.74) is 0.725. The molecule has 1 fully saturated rings. The normalized spacial score (nSPS) is 20.1. The first-order valence-electron chi connectivity index (χ1n) is 6.25. The topological polar surface area (TPSA) is 83.9 Å². The first-order valence-corrected chi connectivity index (χ1v) is 7.86. The average molecular weight is 299 g/mol. The summed E-state index contributed by atoms with van der Waals surface area (Å²) in [5.74, 6) is -1.15. The largest absolute Gasteiger partial charge is 0.478 e. The molecule has 1 aromatic rings. The van der Waals surface area contributed by atoms with E-state index in [4.69, 9.17) is 9.84 Å². The van der Waals surface area contributed by atoms with E-state index in [9.17, 15) is 13.2 Å². The lowest BCUT2D eigenvalue weighted by Gasteiger charge is -2.16. The molecule has 6 nitrogen and oxygen atoms in total. The number of methoxy groups -OCH3 is 1. The van der Waals surface area contributed by atoms with Crippen LogP contribution in [0.1, 0.15) is 22.3 Å². The number of ether oxygens (including phenoxy) is 1. The van der Waals surface area contributed by atoms with Crippen molar-refractivity contribution < 1.29 is 23.1 Å². The maximum absolute atomic E-state index is 12.2. The minimum Gasteiger partial charge on any atom is -0.478 e. The van der Waals surface area contributed by atoms with Gasteiger partial charge in [0.2, 0.25) is 10.0 Å². The molecule has 0 spiro atoms. The standard InChI is InChI=1S/C13H17NO5S/c1-19-12-6-7-14(8-12)20(17,18)9-10-2-4-11(5-3-10)13(15)16/h2-5,12H,6-9H2,1H3,(H,15,16). The van der Waals surface area contributed by atoms with Gasteiger partial charge in [-0.25, -0.2) is 13.2 Å². The van der Waals surface area contributed by atoms with Crippen LogP contribution in [0.4, 0.5) is 0 Å². The molecule has 1 saturated heterocycles. The number of carbonyl (C=O) groups is 1. The predicted molar refractivity (Wildman–Crippen MR) is 73.0 cm³/mol. The van der Waals surface area contributed by atoms with Crippen LogP contribution in [0.2, 0.25) is 0 Å². The molecule has 1 aliphatic heterocycles. The van der Waals surface area contributed by atoms with E-state index in [0.717, 1.165) is 0 Å². The first-order chi connectivity index (χ1) is 9.42. The van der Waals surface area contributed by atoms with Crippen molar-refractivity contribution >= 4 is 16.0 Å². The van der Waals surface area contributed by atoms with Crippen molar-refractivity contribution in [3.05, 3.63) is 35.4 Å². The molecular weight excluding hydrogens is 282 g/mol. The molecule has 2 rings (SSSR count). The summed E-state index contributed by atoms with van der Waals surface area (Å²) in [5, 5.41) is 8.80. The van der Waals surface area contributed by atoms with Crippen molar-refractivity contribution in [3.8, 4) is 0 Å². The third kappa shape index (κ3) is 3.36. The van der Waals surface area contributed by atoms with Crippen LogP contribution < -0.4 is 0 Å². The molecule has 1 atom stereocenters. The van der Waals surface area contributed by atoms with Gasteiger partial charge in [0.15, 0.2) is 0 Å². The summed E-state index contributed by atoms with van der Waals surface area (Å²) in [6.45, 7) is 0.847. The quantitative estimate of drug-likeness (QED) is 0.874. The van der Waals surface area contributed by atoms with Gasteiger partial charge in [-0.1, -0.05) is 12.1 Å². The van der Waals surface area contributed by atoms with Crippen molar-refractivity contribution in [1.82, 2.24) is 4.31 Å². The summed E-state index contributed by atoms with van der Waals surface area (Å²) < 4.78 is 31.1. The molecular formula is C13H17NO5S. The van der Waals surface area contributed by atoms with Gasteiger partial charge in [-0.05, 0) is 24.1 Å². The number of hydrogen-bond donors (Lipinski definition) is 1. The van der Waals surface area contributed by atoms with Crippen LogP contribution in [-0.4, -0.2) is 50.1 Å². The van der Waals surface area contributed by atoms with Gasteiger partial charge in [-0.3, -0.25) is 0 Å². The van der Waals surface area contributed by atoms with Crippen LogP contribution in [0.15, 0.2) is 24.3 Å². The van der Waals surface area contributed by atoms with E-state index < -0.39 is 16.0 Å². The Morgan fingerprint density at radius 2 is 2.05 bits per heavy atom. The molecule has 1 aliphatic rings. The van der Waals surface area contributed by atoms with E-state index in [-0.39, 0.29) is 17.4 Å². The number of benzene rings is 1. The van der Waals surface area contributed by atoms with E-state index in [1.807, 2.05) is 0 Å². The maximum atomic E-state index is 12.2. The van der Waals surface area contributed by atoms with Gasteiger partial charge < -0.3 is 9.84 Å². The molecule has 0 amide bonds. The second-order valence-electron chi connectivity index (χ2n) is 4.76. The van der Waals surface area contributed by atoms with Crippen molar-refractivity contribution in [2.45, 2.75) is 18.3 Å². The Morgan fingerprint density at radius 3 is 2.55 bits per heavy atom. The second-order valence-corrected chi connectivity index (χ2v) is 6.73. The SMILES string of the molecule is COC1CCN(S(=O)(=O)Cc2ccc(C(=O)O)cc2)C1. The molecule has 7 heteroatoms. The lowest BCUT2D eigenvalue weighted by atomic mass is 10.1. The molecule has 1 N–H and O–H groups in total. The lowest BCUT2D eigenvalue weighted by molar-refractivity contribution is 0.0697. The monoisotopic (exact) mass is 299 g/mol. The highest BCUT2D eigenvalue weighted by Gasteiger charge is 2.31. The maximum Gasteiger partial charge on any atom is 0.335 e. The highest BCUT2D eigenvalue weighted by molar-refractivity contribution is 7.88. The van der Waals surface area contributed by atoms with Crippen molar-refractivity contribution in [3.63, 3.8) is 0 Å². The fourth-order valence-corrected chi connectivity index (χ4v) is 3.76. The predicted octanol–water partition coefficient (Wildman–Crippen LogP) is 0.935. The number of aromatic carboxylic acids is 1. The lowest BCUT2D eigenvalue weighted by Crippen LogP contribution is -2.31. The van der Waals surface area contributed by atoms with Crippen LogP contribution in [0.3, 0.4) is 0 Å². The third-order valence-electron chi connectivity index (χ3n) is 3.38. The zero-order valence-electron chi connectivity index (χ0n) is 11.2. The number of carboxylic acids is 1. The van der Waals surface area contributed by atoms with Crippen LogP contribution >= 0.6 is 0 Å². The Kier molecular flexibility index (Phi) is 4.42. The molecule has 0 radical (unpaired) electrons. The highest BCUT2D eigenvalue weighted by Crippen LogP contribution is 2.19. The van der Waals surface area contributed by atoms with Crippen molar-refractivity contribution in [2.75, 3.05) is 20.2 Å². The number of hydrogen-bond acceptors (Lipinski definition) is 4. The van der Waals surface area contributed by atoms with E-state index in [1.165, 1.54) is 28.6 Å². The van der Waals surface area contributed by atoms with Gasteiger partial charge in [-0.15, -0.1) is 0 Å². The first kappa shape index (κ1) is 15.0. The Labute approximate surface area is 118 Å². The average Bonchev–Trinajstić information content (AvgIpc) is 2.88. The van der Waals surface area contributed by atoms with E-state index in [0.29, 0.717) is 25.1 Å². The molecule has 1 heterocycles. The minimum absolute atomic E-state index is 0.0424. The summed E-state index contributed by atoms with van der Waals surface area (Å²) in [6, 6.07) is 5.89. The summed E-state index contributed by atoms with van der Waals surface area (Å²) >= 11 is 0. The summed E-state index contributed by atoms with van der Waals surface area (Å²) in [7, 11) is -1.81. The Morgan fingerprint density at radius 1 is 1.40 bits per heavy atom. The summed E-state index contributed by atoms with van der Waals surface area (Å²) in [4.78, 5) is 10.7. The second kappa shape index (κ2) is 5.90. The highest BCUT2D eigenvalue weighted by atomic mass is 32.2. The van der Waals surface area contributed by atoms with Gasteiger partial charge in [-0.2, -0.15) is 4.31 Å². The number of sulfonamides is 1. The van der Waals surface area contributed by atoms with Gasteiger partial charge in [0.25, 0.3) is 0 Å². The van der Waals surface area contributed by atoms with Crippen LogP contribution in [0, 0.1) is 0 Å². The smallest absolute Gasteiger partial charge is 0.335 e.